The van der Waals surface area contributed by atoms with Crippen molar-refractivity contribution < 1.29 is 13.2 Å². The molecule has 0 bridgehead atoms. The smallest absolute Gasteiger partial charge is 0.264 e. The van der Waals surface area contributed by atoms with Crippen LogP contribution in [0.3, 0.4) is 0 Å². The van der Waals surface area contributed by atoms with Gasteiger partial charge >= 0.3 is 0 Å². The summed E-state index contributed by atoms with van der Waals surface area (Å²) in [5.74, 6) is 0.599. The summed E-state index contributed by atoms with van der Waals surface area (Å²) in [6, 6.07) is 4.77. The van der Waals surface area contributed by atoms with Crippen molar-refractivity contribution in [2.45, 2.75) is 18.4 Å². The van der Waals surface area contributed by atoms with Gasteiger partial charge in [0.25, 0.3) is 10.0 Å². The molecular formula is C14H17ClN4O3S2. The highest BCUT2D eigenvalue weighted by Gasteiger charge is 2.21. The molecule has 7 nitrogen and oxygen atoms in total. The fourth-order valence-corrected chi connectivity index (χ4v) is 4.67. The summed E-state index contributed by atoms with van der Waals surface area (Å²) in [5.41, 5.74) is 0.504. The predicted molar refractivity (Wildman–Crippen MR) is 93.0 cm³/mol. The highest BCUT2D eigenvalue weighted by molar-refractivity contribution is 7.93. The molecule has 130 valence electrons. The number of halogens is 1. The number of ether oxygens (including phenoxy) is 1. The van der Waals surface area contributed by atoms with E-state index in [1.54, 1.807) is 19.1 Å². The highest BCUT2D eigenvalue weighted by Crippen LogP contribution is 2.25. The van der Waals surface area contributed by atoms with E-state index < -0.39 is 10.0 Å². The van der Waals surface area contributed by atoms with E-state index in [4.69, 9.17) is 16.3 Å². The van der Waals surface area contributed by atoms with E-state index in [2.05, 4.69) is 19.0 Å². The molecular weight excluding hydrogens is 372 g/mol. The van der Waals surface area contributed by atoms with Gasteiger partial charge in [0.1, 0.15) is 0 Å². The fraction of sp³-hybridized carbons (Fsp3) is 0.429. The Hall–Kier alpha value is -1.26. The number of rotatable bonds is 5. The third kappa shape index (κ3) is 4.04. The van der Waals surface area contributed by atoms with E-state index in [9.17, 15) is 8.42 Å². The van der Waals surface area contributed by atoms with E-state index in [0.717, 1.165) is 24.6 Å². The van der Waals surface area contributed by atoms with E-state index in [1.807, 2.05) is 0 Å². The minimum Gasteiger partial charge on any atom is -0.379 e. The molecule has 0 radical (unpaired) electrons. The van der Waals surface area contributed by atoms with E-state index in [0.29, 0.717) is 36.2 Å². The summed E-state index contributed by atoms with van der Waals surface area (Å²) < 4.78 is 37.0. The van der Waals surface area contributed by atoms with Crippen molar-refractivity contribution in [2.75, 3.05) is 31.0 Å². The highest BCUT2D eigenvalue weighted by atomic mass is 35.5. The van der Waals surface area contributed by atoms with Crippen molar-refractivity contribution in [1.29, 1.82) is 0 Å². The fourth-order valence-electron chi connectivity index (χ4n) is 2.37. The summed E-state index contributed by atoms with van der Waals surface area (Å²) in [7, 11) is -3.75. The molecule has 2 heterocycles. The van der Waals surface area contributed by atoms with E-state index in [-0.39, 0.29) is 10.0 Å². The van der Waals surface area contributed by atoms with Gasteiger partial charge in [-0.05, 0) is 24.6 Å². The number of sulfonamides is 1. The SMILES string of the molecule is Cc1c(Cl)cccc1S(=O)(=O)Nc1nc(CN2CCOCC2)ns1. The molecule has 1 aliphatic rings. The lowest BCUT2D eigenvalue weighted by Crippen LogP contribution is -2.35. The van der Waals surface area contributed by atoms with Gasteiger partial charge in [0.15, 0.2) is 5.82 Å². The van der Waals surface area contributed by atoms with Crippen LogP contribution in [-0.4, -0.2) is 49.0 Å². The first-order valence-electron chi connectivity index (χ1n) is 7.36. The van der Waals surface area contributed by atoms with Crippen LogP contribution in [0.15, 0.2) is 23.1 Å². The van der Waals surface area contributed by atoms with Crippen LogP contribution in [0.4, 0.5) is 5.13 Å². The zero-order valence-electron chi connectivity index (χ0n) is 13.0. The molecule has 1 N–H and O–H groups in total. The number of hydrogen-bond acceptors (Lipinski definition) is 7. The van der Waals surface area contributed by atoms with Gasteiger partial charge in [0.2, 0.25) is 5.13 Å². The molecule has 0 aliphatic carbocycles. The van der Waals surface area contributed by atoms with Crippen LogP contribution in [0.2, 0.25) is 5.02 Å². The number of benzene rings is 1. The van der Waals surface area contributed by atoms with Crippen LogP contribution in [0.5, 0.6) is 0 Å². The Balaban J connectivity index is 1.72. The van der Waals surface area contributed by atoms with E-state index in [1.165, 1.54) is 6.07 Å². The van der Waals surface area contributed by atoms with Crippen LogP contribution < -0.4 is 4.72 Å². The standard InChI is InChI=1S/C14H17ClN4O3S2/c1-10-11(15)3-2-4-12(10)24(20,21)18-14-16-13(17-23-14)9-19-5-7-22-8-6-19/h2-4H,5-9H2,1H3,(H,16,17,18). The Kier molecular flexibility index (Phi) is 5.36. The first kappa shape index (κ1) is 17.6. The summed E-state index contributed by atoms with van der Waals surface area (Å²) in [6.07, 6.45) is 0. The van der Waals surface area contributed by atoms with Crippen LogP contribution in [0.1, 0.15) is 11.4 Å². The van der Waals surface area contributed by atoms with Crippen molar-refractivity contribution in [3.63, 3.8) is 0 Å². The molecule has 1 fully saturated rings. The van der Waals surface area contributed by atoms with Gasteiger partial charge in [-0.15, -0.1) is 0 Å². The lowest BCUT2D eigenvalue weighted by Gasteiger charge is -2.25. The third-order valence-electron chi connectivity index (χ3n) is 3.67. The van der Waals surface area contributed by atoms with Crippen molar-refractivity contribution in [1.82, 2.24) is 14.3 Å². The second kappa shape index (κ2) is 7.32. The maximum absolute atomic E-state index is 12.5. The van der Waals surface area contributed by atoms with Crippen molar-refractivity contribution in [3.05, 3.63) is 34.6 Å². The minimum atomic E-state index is -3.75. The Morgan fingerprint density at radius 3 is 2.88 bits per heavy atom. The van der Waals surface area contributed by atoms with E-state index >= 15 is 0 Å². The Labute approximate surface area is 149 Å². The number of anilines is 1. The lowest BCUT2D eigenvalue weighted by molar-refractivity contribution is 0.0332. The predicted octanol–water partition coefficient (Wildman–Crippen LogP) is 2.13. The van der Waals surface area contributed by atoms with Gasteiger partial charge in [-0.25, -0.2) is 13.4 Å². The molecule has 0 spiro atoms. The molecule has 1 aromatic heterocycles. The Bertz CT molecular complexity index is 819. The third-order valence-corrected chi connectivity index (χ3v) is 6.36. The zero-order valence-corrected chi connectivity index (χ0v) is 15.4. The maximum Gasteiger partial charge on any atom is 0.264 e. The van der Waals surface area contributed by atoms with Crippen LogP contribution >= 0.6 is 23.1 Å². The van der Waals surface area contributed by atoms with Crippen LogP contribution in [0.25, 0.3) is 0 Å². The quantitative estimate of drug-likeness (QED) is 0.844. The first-order valence-corrected chi connectivity index (χ1v) is 10.00. The molecule has 1 aliphatic heterocycles. The average Bonchev–Trinajstić information content (AvgIpc) is 2.97. The summed E-state index contributed by atoms with van der Waals surface area (Å²) >= 11 is 7.03. The first-order chi connectivity index (χ1) is 11.5. The van der Waals surface area contributed by atoms with Crippen LogP contribution in [-0.2, 0) is 21.3 Å². The second-order valence-electron chi connectivity index (χ2n) is 5.37. The number of morpholine rings is 1. The van der Waals surface area contributed by atoms with Gasteiger partial charge in [0.05, 0.1) is 24.7 Å². The molecule has 3 rings (SSSR count). The number of aromatic nitrogens is 2. The lowest BCUT2D eigenvalue weighted by atomic mass is 10.2. The maximum atomic E-state index is 12.5. The van der Waals surface area contributed by atoms with Crippen molar-refractivity contribution in [3.8, 4) is 0 Å². The normalized spacial score (nSPS) is 16.2. The average molecular weight is 389 g/mol. The molecule has 0 atom stereocenters. The largest absolute Gasteiger partial charge is 0.379 e. The number of nitrogens with one attached hydrogen (secondary N) is 1. The van der Waals surface area contributed by atoms with Crippen molar-refractivity contribution in [2.24, 2.45) is 0 Å². The Morgan fingerprint density at radius 2 is 2.12 bits per heavy atom. The van der Waals surface area contributed by atoms with Gasteiger partial charge in [-0.3, -0.25) is 9.62 Å². The van der Waals surface area contributed by atoms with Gasteiger partial charge < -0.3 is 4.74 Å². The number of nitrogens with zero attached hydrogens (tertiary/aromatic N) is 3. The minimum absolute atomic E-state index is 0.139. The molecule has 0 saturated carbocycles. The second-order valence-corrected chi connectivity index (χ2v) is 8.18. The van der Waals surface area contributed by atoms with Crippen molar-refractivity contribution >= 4 is 38.3 Å². The molecule has 0 unspecified atom stereocenters. The molecule has 0 amide bonds. The topological polar surface area (TPSA) is 84.4 Å². The zero-order chi connectivity index (χ0) is 17.2. The van der Waals surface area contributed by atoms with Gasteiger partial charge in [-0.1, -0.05) is 17.7 Å². The molecule has 24 heavy (non-hydrogen) atoms. The molecule has 1 saturated heterocycles. The molecule has 1 aromatic carbocycles. The summed E-state index contributed by atoms with van der Waals surface area (Å²) in [6.45, 7) is 5.28. The summed E-state index contributed by atoms with van der Waals surface area (Å²) in [5, 5.41) is 0.654. The van der Waals surface area contributed by atoms with Gasteiger partial charge in [-0.2, -0.15) is 4.37 Å². The summed E-state index contributed by atoms with van der Waals surface area (Å²) in [4.78, 5) is 6.58. The Morgan fingerprint density at radius 1 is 1.38 bits per heavy atom. The molecule has 2 aromatic rings. The van der Waals surface area contributed by atoms with Crippen LogP contribution in [0, 0.1) is 6.92 Å². The monoisotopic (exact) mass is 388 g/mol. The van der Waals surface area contributed by atoms with Gasteiger partial charge in [0, 0.05) is 29.6 Å². The number of hydrogen-bond donors (Lipinski definition) is 1. The molecule has 10 heteroatoms.